The molecular formula is C10H13N2O5P. The molecule has 0 atom stereocenters. The van der Waals surface area contributed by atoms with Crippen LogP contribution in [0.3, 0.4) is 0 Å². The molecule has 0 saturated carbocycles. The number of amides is 1. The lowest BCUT2D eigenvalue weighted by Crippen LogP contribution is -2.37. The first-order valence-electron chi connectivity index (χ1n) is 5.33. The Bertz CT molecular complexity index is 527. The minimum atomic E-state index is -4.60. The van der Waals surface area contributed by atoms with Crippen LogP contribution in [0.4, 0.5) is 5.82 Å². The number of rotatable bonds is 3. The summed E-state index contributed by atoms with van der Waals surface area (Å²) in [6.07, 6.45) is 2.46. The molecule has 2 heterocycles. The van der Waals surface area contributed by atoms with E-state index in [4.69, 9.17) is 9.79 Å². The third-order valence-corrected chi connectivity index (χ3v) is 3.05. The van der Waals surface area contributed by atoms with Crippen molar-refractivity contribution in [3.8, 4) is 0 Å². The number of hydrogen-bond acceptors (Lipinski definition) is 4. The van der Waals surface area contributed by atoms with Gasteiger partial charge in [-0.05, 0) is 24.5 Å². The first-order chi connectivity index (χ1) is 8.37. The topological polar surface area (TPSA) is 100.0 Å². The fourth-order valence-corrected chi connectivity index (χ4v) is 2.08. The van der Waals surface area contributed by atoms with Crippen molar-refractivity contribution in [1.29, 1.82) is 0 Å². The molecule has 0 aromatic carbocycles. The summed E-state index contributed by atoms with van der Waals surface area (Å²) in [7, 11) is -4.60. The van der Waals surface area contributed by atoms with Gasteiger partial charge in [-0.25, -0.2) is 9.55 Å². The molecular weight excluding hydrogens is 259 g/mol. The van der Waals surface area contributed by atoms with Gasteiger partial charge < -0.3 is 9.79 Å². The van der Waals surface area contributed by atoms with E-state index in [1.807, 2.05) is 13.0 Å². The Kier molecular flexibility index (Phi) is 3.49. The second kappa shape index (κ2) is 4.78. The molecule has 1 aromatic heterocycles. The number of anilines is 1. The highest BCUT2D eigenvalue weighted by molar-refractivity contribution is 7.46. The molecule has 18 heavy (non-hydrogen) atoms. The average molecular weight is 272 g/mol. The van der Waals surface area contributed by atoms with Gasteiger partial charge in [-0.15, -0.1) is 0 Å². The third-order valence-electron chi connectivity index (χ3n) is 2.60. The molecule has 0 aliphatic carbocycles. The Labute approximate surface area is 104 Å². The van der Waals surface area contributed by atoms with E-state index < -0.39 is 14.6 Å². The Morgan fingerprint density at radius 3 is 2.89 bits per heavy atom. The first kappa shape index (κ1) is 13.2. The maximum absolute atomic E-state index is 11.7. The van der Waals surface area contributed by atoms with Gasteiger partial charge in [0.15, 0.2) is 0 Å². The summed E-state index contributed by atoms with van der Waals surface area (Å²) in [6.45, 7) is 1.40. The molecule has 8 heteroatoms. The monoisotopic (exact) mass is 272 g/mol. The van der Waals surface area contributed by atoms with Crippen LogP contribution in [0.2, 0.25) is 0 Å². The van der Waals surface area contributed by atoms with Gasteiger partial charge >= 0.3 is 7.82 Å². The number of carbonyl (C=O) groups is 1. The molecule has 1 aliphatic heterocycles. The molecule has 2 N–H and O–H groups in total. The number of nitrogens with zero attached hydrogens (tertiary/aromatic N) is 2. The van der Waals surface area contributed by atoms with E-state index in [1.54, 1.807) is 6.20 Å². The highest BCUT2D eigenvalue weighted by atomic mass is 31.2. The van der Waals surface area contributed by atoms with E-state index in [2.05, 4.69) is 9.51 Å². The number of carbonyl (C=O) groups excluding carboxylic acids is 1. The lowest BCUT2D eigenvalue weighted by atomic mass is 10.0. The number of aryl methyl sites for hydroxylation is 2. The molecule has 0 fully saturated rings. The summed E-state index contributed by atoms with van der Waals surface area (Å²) in [4.78, 5) is 34.3. The lowest BCUT2D eigenvalue weighted by molar-refractivity contribution is -0.119. The SMILES string of the molecule is Cc1cnc2c(c1)CCC(=O)N2COP(=O)(O)O. The molecule has 0 saturated heterocycles. The van der Waals surface area contributed by atoms with Gasteiger partial charge in [0.1, 0.15) is 12.5 Å². The van der Waals surface area contributed by atoms with E-state index in [0.29, 0.717) is 12.2 Å². The molecule has 0 spiro atoms. The van der Waals surface area contributed by atoms with Gasteiger partial charge in [-0.1, -0.05) is 6.07 Å². The summed E-state index contributed by atoms with van der Waals surface area (Å²) < 4.78 is 15.0. The van der Waals surface area contributed by atoms with Crippen molar-refractivity contribution < 1.29 is 23.7 Å². The van der Waals surface area contributed by atoms with Gasteiger partial charge in [0, 0.05) is 12.6 Å². The summed E-state index contributed by atoms with van der Waals surface area (Å²) in [5.74, 6) is 0.151. The van der Waals surface area contributed by atoms with E-state index in [1.165, 1.54) is 0 Å². The molecule has 0 unspecified atom stereocenters. The number of phosphoric ester groups is 1. The average Bonchev–Trinajstić information content (AvgIpc) is 2.26. The highest BCUT2D eigenvalue weighted by Crippen LogP contribution is 2.37. The van der Waals surface area contributed by atoms with Gasteiger partial charge in [0.05, 0.1) is 0 Å². The van der Waals surface area contributed by atoms with Crippen LogP contribution in [-0.2, 0) is 20.3 Å². The van der Waals surface area contributed by atoms with Crippen LogP contribution >= 0.6 is 7.82 Å². The molecule has 1 aliphatic rings. The summed E-state index contributed by atoms with van der Waals surface area (Å²) in [5.41, 5.74) is 1.85. The van der Waals surface area contributed by atoms with Crippen molar-refractivity contribution in [3.63, 3.8) is 0 Å². The van der Waals surface area contributed by atoms with Crippen molar-refractivity contribution in [2.45, 2.75) is 19.8 Å². The molecule has 2 rings (SSSR count). The van der Waals surface area contributed by atoms with Crippen LogP contribution in [0.15, 0.2) is 12.3 Å². The number of aromatic nitrogens is 1. The minimum Gasteiger partial charge on any atom is -0.303 e. The van der Waals surface area contributed by atoms with Crippen LogP contribution in [0.5, 0.6) is 0 Å². The van der Waals surface area contributed by atoms with E-state index in [0.717, 1.165) is 16.0 Å². The van der Waals surface area contributed by atoms with Crippen LogP contribution in [0.1, 0.15) is 17.5 Å². The van der Waals surface area contributed by atoms with Gasteiger partial charge in [-0.3, -0.25) is 14.2 Å². The van der Waals surface area contributed by atoms with Crippen molar-refractivity contribution in [1.82, 2.24) is 4.98 Å². The molecule has 1 aromatic rings. The van der Waals surface area contributed by atoms with Crippen molar-refractivity contribution in [2.75, 3.05) is 11.6 Å². The van der Waals surface area contributed by atoms with Crippen molar-refractivity contribution in [3.05, 3.63) is 23.4 Å². The number of pyridine rings is 1. The van der Waals surface area contributed by atoms with Gasteiger partial charge in [-0.2, -0.15) is 0 Å². The third kappa shape index (κ3) is 2.94. The Morgan fingerprint density at radius 2 is 2.22 bits per heavy atom. The number of phosphoric acid groups is 1. The molecule has 0 bridgehead atoms. The normalized spacial score (nSPS) is 15.7. The molecule has 0 radical (unpaired) electrons. The predicted octanol–water partition coefficient (Wildman–Crippen LogP) is 0.736. The predicted molar refractivity (Wildman–Crippen MR) is 62.8 cm³/mol. The van der Waals surface area contributed by atoms with Crippen molar-refractivity contribution >= 4 is 19.5 Å². The zero-order valence-corrected chi connectivity index (χ0v) is 10.6. The Balaban J connectivity index is 2.25. The fraction of sp³-hybridized carbons (Fsp3) is 0.400. The first-order valence-corrected chi connectivity index (χ1v) is 6.86. The zero-order chi connectivity index (χ0) is 13.3. The molecule has 98 valence electrons. The second-order valence-electron chi connectivity index (χ2n) is 4.07. The Morgan fingerprint density at radius 1 is 1.50 bits per heavy atom. The van der Waals surface area contributed by atoms with Gasteiger partial charge in [0.2, 0.25) is 5.91 Å². The number of hydrogen-bond donors (Lipinski definition) is 2. The van der Waals surface area contributed by atoms with Crippen LogP contribution < -0.4 is 4.90 Å². The van der Waals surface area contributed by atoms with Crippen LogP contribution in [0.25, 0.3) is 0 Å². The minimum absolute atomic E-state index is 0.257. The van der Waals surface area contributed by atoms with Crippen LogP contribution in [0, 0.1) is 6.92 Å². The summed E-state index contributed by atoms with van der Waals surface area (Å²) in [6, 6.07) is 1.90. The standard InChI is InChI=1S/C10H13N2O5P/c1-7-4-8-2-3-9(13)12(10(8)11-5-7)6-17-18(14,15)16/h4-5H,2-3,6H2,1H3,(H2,14,15,16). The summed E-state index contributed by atoms with van der Waals surface area (Å²) in [5, 5.41) is 0. The smallest absolute Gasteiger partial charge is 0.303 e. The van der Waals surface area contributed by atoms with E-state index >= 15 is 0 Å². The van der Waals surface area contributed by atoms with E-state index in [9.17, 15) is 9.36 Å². The van der Waals surface area contributed by atoms with E-state index in [-0.39, 0.29) is 12.3 Å². The quantitative estimate of drug-likeness (QED) is 0.787. The zero-order valence-electron chi connectivity index (χ0n) is 9.74. The second-order valence-corrected chi connectivity index (χ2v) is 5.31. The Hall–Kier alpha value is -1.27. The van der Waals surface area contributed by atoms with Gasteiger partial charge in [0.25, 0.3) is 0 Å². The fourth-order valence-electron chi connectivity index (χ4n) is 1.81. The highest BCUT2D eigenvalue weighted by Gasteiger charge is 2.27. The maximum atomic E-state index is 11.7. The summed E-state index contributed by atoms with van der Waals surface area (Å²) >= 11 is 0. The number of fused-ring (bicyclic) bond motifs is 1. The molecule has 7 nitrogen and oxygen atoms in total. The molecule has 1 amide bonds. The van der Waals surface area contributed by atoms with Crippen molar-refractivity contribution in [2.24, 2.45) is 0 Å². The largest absolute Gasteiger partial charge is 0.471 e. The maximum Gasteiger partial charge on any atom is 0.471 e. The lowest BCUT2D eigenvalue weighted by Gasteiger charge is -2.27. The van der Waals surface area contributed by atoms with Crippen LogP contribution in [-0.4, -0.2) is 27.4 Å².